The van der Waals surface area contributed by atoms with Gasteiger partial charge in [0.05, 0.1) is 6.04 Å². The quantitative estimate of drug-likeness (QED) is 0.893. The largest absolute Gasteiger partial charge is 0.491 e. The Balaban J connectivity index is 2.36. The first-order valence-corrected chi connectivity index (χ1v) is 6.74. The molecule has 1 N–H and O–H groups in total. The highest BCUT2D eigenvalue weighted by Crippen LogP contribution is 2.37. The van der Waals surface area contributed by atoms with Crippen molar-refractivity contribution in [2.45, 2.75) is 39.8 Å². The van der Waals surface area contributed by atoms with Crippen molar-refractivity contribution in [3.05, 3.63) is 28.8 Å². The molecule has 2 rings (SSSR count). The lowest BCUT2D eigenvalue weighted by Crippen LogP contribution is -2.46. The van der Waals surface area contributed by atoms with Gasteiger partial charge in [-0.15, -0.1) is 0 Å². The lowest BCUT2D eigenvalue weighted by Gasteiger charge is -2.38. The molecule has 100 valence electrons. The predicted octanol–water partition coefficient (Wildman–Crippen LogP) is 2.44. The highest BCUT2D eigenvalue weighted by molar-refractivity contribution is 5.46. The minimum atomic E-state index is -0.450. The summed E-state index contributed by atoms with van der Waals surface area (Å²) in [5, 5.41) is 10.6. The fourth-order valence-electron chi connectivity index (χ4n) is 2.89. The zero-order chi connectivity index (χ0) is 13.3. The molecule has 1 heterocycles. The summed E-state index contributed by atoms with van der Waals surface area (Å²) < 4.78 is 5.85. The summed E-state index contributed by atoms with van der Waals surface area (Å²) in [6, 6.07) is 4.19. The van der Waals surface area contributed by atoms with Gasteiger partial charge in [-0.25, -0.2) is 0 Å². The Bertz CT molecular complexity index is 427. The SMILES string of the molecule is CCN(CC)C1COc2cc(C)cc(C)c2C1O. The van der Waals surface area contributed by atoms with Crippen LogP contribution in [-0.4, -0.2) is 35.7 Å². The molecule has 3 heteroatoms. The number of hydrogen-bond donors (Lipinski definition) is 1. The van der Waals surface area contributed by atoms with Crippen LogP contribution >= 0.6 is 0 Å². The predicted molar refractivity (Wildman–Crippen MR) is 73.1 cm³/mol. The molecule has 1 aromatic rings. The van der Waals surface area contributed by atoms with Crippen LogP contribution in [-0.2, 0) is 0 Å². The molecule has 0 saturated carbocycles. The summed E-state index contributed by atoms with van der Waals surface area (Å²) in [7, 11) is 0. The van der Waals surface area contributed by atoms with Gasteiger partial charge in [-0.3, -0.25) is 4.90 Å². The van der Waals surface area contributed by atoms with E-state index in [1.54, 1.807) is 0 Å². The molecule has 0 saturated heterocycles. The molecule has 0 bridgehead atoms. The van der Waals surface area contributed by atoms with Gasteiger partial charge in [0.25, 0.3) is 0 Å². The van der Waals surface area contributed by atoms with E-state index >= 15 is 0 Å². The van der Waals surface area contributed by atoms with Crippen LogP contribution in [0.25, 0.3) is 0 Å². The molecular weight excluding hydrogens is 226 g/mol. The lowest BCUT2D eigenvalue weighted by molar-refractivity contribution is 0.00743. The molecule has 0 amide bonds. The van der Waals surface area contributed by atoms with Crippen molar-refractivity contribution < 1.29 is 9.84 Å². The minimum absolute atomic E-state index is 0.0638. The molecule has 0 aromatic heterocycles. The molecule has 1 aliphatic heterocycles. The van der Waals surface area contributed by atoms with Crippen LogP contribution in [0.4, 0.5) is 0 Å². The van der Waals surface area contributed by atoms with Crippen molar-refractivity contribution in [1.29, 1.82) is 0 Å². The van der Waals surface area contributed by atoms with Gasteiger partial charge in [0, 0.05) is 5.56 Å². The van der Waals surface area contributed by atoms with E-state index in [2.05, 4.69) is 31.7 Å². The second-order valence-corrected chi connectivity index (χ2v) is 5.04. The zero-order valence-electron chi connectivity index (χ0n) is 11.7. The Kier molecular flexibility index (Phi) is 3.93. The Morgan fingerprint density at radius 2 is 1.94 bits per heavy atom. The van der Waals surface area contributed by atoms with Crippen molar-refractivity contribution in [2.75, 3.05) is 19.7 Å². The summed E-state index contributed by atoms with van der Waals surface area (Å²) in [6.07, 6.45) is -0.450. The number of likely N-dealkylation sites (N-methyl/N-ethyl adjacent to an activating group) is 1. The van der Waals surface area contributed by atoms with Gasteiger partial charge in [-0.05, 0) is 44.1 Å². The van der Waals surface area contributed by atoms with Crippen molar-refractivity contribution in [3.63, 3.8) is 0 Å². The Hall–Kier alpha value is -1.06. The maximum Gasteiger partial charge on any atom is 0.125 e. The van der Waals surface area contributed by atoms with Gasteiger partial charge in [-0.2, -0.15) is 0 Å². The summed E-state index contributed by atoms with van der Waals surface area (Å²) in [5.74, 6) is 0.850. The van der Waals surface area contributed by atoms with E-state index in [9.17, 15) is 5.11 Å². The van der Waals surface area contributed by atoms with Gasteiger partial charge in [0.15, 0.2) is 0 Å². The number of hydrogen-bond acceptors (Lipinski definition) is 3. The van der Waals surface area contributed by atoms with Crippen molar-refractivity contribution in [2.24, 2.45) is 0 Å². The van der Waals surface area contributed by atoms with E-state index in [-0.39, 0.29) is 6.04 Å². The smallest absolute Gasteiger partial charge is 0.125 e. The van der Waals surface area contributed by atoms with Crippen LogP contribution < -0.4 is 4.74 Å². The number of aliphatic hydroxyl groups is 1. The number of nitrogens with zero attached hydrogens (tertiary/aromatic N) is 1. The second kappa shape index (κ2) is 5.29. The first-order valence-electron chi connectivity index (χ1n) is 6.74. The van der Waals surface area contributed by atoms with E-state index in [4.69, 9.17) is 4.74 Å². The topological polar surface area (TPSA) is 32.7 Å². The van der Waals surface area contributed by atoms with E-state index < -0.39 is 6.10 Å². The standard InChI is InChI=1S/C15H23NO2/c1-5-16(6-2)12-9-18-13-8-10(3)7-11(4)14(13)15(12)17/h7-8,12,15,17H,5-6,9H2,1-4H3. The maximum atomic E-state index is 10.6. The Morgan fingerprint density at radius 3 is 2.56 bits per heavy atom. The highest BCUT2D eigenvalue weighted by Gasteiger charge is 2.33. The Labute approximate surface area is 109 Å². The third-order valence-electron chi connectivity index (χ3n) is 3.84. The molecule has 1 aliphatic rings. The van der Waals surface area contributed by atoms with E-state index in [0.29, 0.717) is 6.61 Å². The van der Waals surface area contributed by atoms with Crippen LogP contribution in [0.15, 0.2) is 12.1 Å². The molecule has 3 nitrogen and oxygen atoms in total. The molecular formula is C15H23NO2. The molecule has 18 heavy (non-hydrogen) atoms. The van der Waals surface area contributed by atoms with Crippen molar-refractivity contribution >= 4 is 0 Å². The number of aliphatic hydroxyl groups excluding tert-OH is 1. The average Bonchev–Trinajstić information content (AvgIpc) is 2.32. The second-order valence-electron chi connectivity index (χ2n) is 5.04. The lowest BCUT2D eigenvalue weighted by atomic mass is 9.92. The first-order chi connectivity index (χ1) is 8.58. The van der Waals surface area contributed by atoms with Crippen molar-refractivity contribution in [1.82, 2.24) is 4.90 Å². The molecule has 0 spiro atoms. The zero-order valence-corrected chi connectivity index (χ0v) is 11.7. The first kappa shape index (κ1) is 13.4. The van der Waals surface area contributed by atoms with Crippen molar-refractivity contribution in [3.8, 4) is 5.75 Å². The molecule has 2 atom stereocenters. The highest BCUT2D eigenvalue weighted by atomic mass is 16.5. The van der Waals surface area contributed by atoms with Crippen LogP contribution in [0, 0.1) is 13.8 Å². The van der Waals surface area contributed by atoms with Crippen LogP contribution in [0.5, 0.6) is 5.75 Å². The van der Waals surface area contributed by atoms with E-state index in [1.165, 1.54) is 5.56 Å². The molecule has 1 aromatic carbocycles. The fraction of sp³-hybridized carbons (Fsp3) is 0.600. The average molecular weight is 249 g/mol. The third kappa shape index (κ3) is 2.25. The summed E-state index contributed by atoms with van der Waals surface area (Å²) in [5.41, 5.74) is 3.26. The Morgan fingerprint density at radius 1 is 1.28 bits per heavy atom. The fourth-order valence-corrected chi connectivity index (χ4v) is 2.89. The number of aryl methyl sites for hydroxylation is 2. The monoisotopic (exact) mass is 249 g/mol. The van der Waals surface area contributed by atoms with Gasteiger partial charge in [0.2, 0.25) is 0 Å². The van der Waals surface area contributed by atoms with E-state index in [1.807, 2.05) is 13.0 Å². The van der Waals surface area contributed by atoms with E-state index in [0.717, 1.165) is 30.0 Å². The summed E-state index contributed by atoms with van der Waals surface area (Å²) >= 11 is 0. The van der Waals surface area contributed by atoms with Gasteiger partial charge >= 0.3 is 0 Å². The van der Waals surface area contributed by atoms with Gasteiger partial charge in [-0.1, -0.05) is 19.9 Å². The number of ether oxygens (including phenoxy) is 1. The van der Waals surface area contributed by atoms with Gasteiger partial charge in [0.1, 0.15) is 18.5 Å². The third-order valence-corrected chi connectivity index (χ3v) is 3.84. The number of fused-ring (bicyclic) bond motifs is 1. The minimum Gasteiger partial charge on any atom is -0.491 e. The van der Waals surface area contributed by atoms with Gasteiger partial charge < -0.3 is 9.84 Å². The maximum absolute atomic E-state index is 10.6. The summed E-state index contributed by atoms with van der Waals surface area (Å²) in [6.45, 7) is 10.8. The molecule has 0 radical (unpaired) electrons. The number of benzene rings is 1. The molecule has 0 aliphatic carbocycles. The molecule has 2 unspecified atom stereocenters. The normalized spacial score (nSPS) is 22.8. The molecule has 0 fully saturated rings. The van der Waals surface area contributed by atoms with Crippen LogP contribution in [0.3, 0.4) is 0 Å². The summed E-state index contributed by atoms with van der Waals surface area (Å²) in [4.78, 5) is 2.26. The van der Waals surface area contributed by atoms with Crippen LogP contribution in [0.2, 0.25) is 0 Å². The number of rotatable bonds is 3. The van der Waals surface area contributed by atoms with Crippen LogP contribution in [0.1, 0.15) is 36.6 Å².